The quantitative estimate of drug-likeness (QED) is 0.720. The Bertz CT molecular complexity index is 330. The number of likely N-dealkylation sites (tertiary alicyclic amines) is 2. The molecule has 0 radical (unpaired) electrons. The van der Waals surface area contributed by atoms with Crippen LogP contribution in [0.4, 0.5) is 0 Å². The van der Waals surface area contributed by atoms with Crippen molar-refractivity contribution in [1.29, 1.82) is 0 Å². The molecule has 0 spiro atoms. The Kier molecular flexibility index (Phi) is 3.38. The molecule has 5 heteroatoms. The lowest BCUT2D eigenvalue weighted by Crippen LogP contribution is -2.36. The molecule has 0 aromatic carbocycles. The summed E-state index contributed by atoms with van der Waals surface area (Å²) in [6.07, 6.45) is 0.839. The van der Waals surface area contributed by atoms with Crippen LogP contribution in [0.25, 0.3) is 0 Å². The molecule has 2 heterocycles. The number of carbonyl (C=O) groups is 2. The zero-order valence-electron chi connectivity index (χ0n) is 10.4. The molecule has 3 atom stereocenters. The Morgan fingerprint density at radius 3 is 2.65 bits per heavy atom. The van der Waals surface area contributed by atoms with E-state index in [4.69, 9.17) is 0 Å². The number of aliphatic hydroxyl groups excluding tert-OH is 1. The number of nitrogens with zero attached hydrogens (tertiary/aromatic N) is 2. The molecule has 5 nitrogen and oxygen atoms in total. The number of rotatable bonds is 2. The molecule has 2 saturated heterocycles. The van der Waals surface area contributed by atoms with E-state index in [-0.39, 0.29) is 29.8 Å². The zero-order valence-corrected chi connectivity index (χ0v) is 10.4. The molecule has 0 bridgehead atoms. The second kappa shape index (κ2) is 4.64. The SMILES string of the molecule is CC(O)C1CCN(C(=O)C2CC(=O)N(C)C2)C1. The maximum absolute atomic E-state index is 12.2. The van der Waals surface area contributed by atoms with Gasteiger partial charge in [0.05, 0.1) is 12.0 Å². The summed E-state index contributed by atoms with van der Waals surface area (Å²) < 4.78 is 0. The fourth-order valence-corrected chi connectivity index (χ4v) is 2.67. The highest BCUT2D eigenvalue weighted by Crippen LogP contribution is 2.24. The number of aliphatic hydroxyl groups is 1. The van der Waals surface area contributed by atoms with Crippen LogP contribution in [0.5, 0.6) is 0 Å². The average molecular weight is 240 g/mol. The van der Waals surface area contributed by atoms with Gasteiger partial charge in [0.2, 0.25) is 11.8 Å². The Labute approximate surface area is 101 Å². The average Bonchev–Trinajstić information content (AvgIpc) is 2.86. The van der Waals surface area contributed by atoms with Gasteiger partial charge in [-0.25, -0.2) is 0 Å². The van der Waals surface area contributed by atoms with Crippen LogP contribution in [0.3, 0.4) is 0 Å². The molecule has 17 heavy (non-hydrogen) atoms. The van der Waals surface area contributed by atoms with Gasteiger partial charge in [-0.3, -0.25) is 9.59 Å². The van der Waals surface area contributed by atoms with E-state index in [0.29, 0.717) is 26.1 Å². The van der Waals surface area contributed by atoms with Crippen LogP contribution in [-0.4, -0.2) is 59.5 Å². The van der Waals surface area contributed by atoms with Crippen LogP contribution in [0, 0.1) is 11.8 Å². The van der Waals surface area contributed by atoms with E-state index in [9.17, 15) is 14.7 Å². The van der Waals surface area contributed by atoms with Gasteiger partial charge in [-0.15, -0.1) is 0 Å². The molecule has 2 aliphatic rings. The van der Waals surface area contributed by atoms with Gasteiger partial charge in [0, 0.05) is 39.0 Å². The van der Waals surface area contributed by atoms with Crippen LogP contribution in [0.1, 0.15) is 19.8 Å². The summed E-state index contributed by atoms with van der Waals surface area (Å²) in [6, 6.07) is 0. The van der Waals surface area contributed by atoms with E-state index in [0.717, 1.165) is 6.42 Å². The van der Waals surface area contributed by atoms with E-state index < -0.39 is 0 Å². The maximum Gasteiger partial charge on any atom is 0.228 e. The first kappa shape index (κ1) is 12.4. The summed E-state index contributed by atoms with van der Waals surface area (Å²) in [4.78, 5) is 27.0. The van der Waals surface area contributed by atoms with Crippen molar-refractivity contribution in [2.24, 2.45) is 11.8 Å². The molecule has 3 unspecified atom stereocenters. The minimum Gasteiger partial charge on any atom is -0.393 e. The normalized spacial score (nSPS) is 31.1. The third-order valence-electron chi connectivity index (χ3n) is 3.91. The monoisotopic (exact) mass is 240 g/mol. The van der Waals surface area contributed by atoms with Crippen LogP contribution >= 0.6 is 0 Å². The standard InChI is InChI=1S/C12H20N2O3/c1-8(15)9-3-4-14(7-9)12(17)10-5-11(16)13(2)6-10/h8-10,15H,3-7H2,1-2H3. The summed E-state index contributed by atoms with van der Waals surface area (Å²) in [5.41, 5.74) is 0. The molecule has 0 aromatic heterocycles. The highest BCUT2D eigenvalue weighted by molar-refractivity contribution is 5.89. The van der Waals surface area contributed by atoms with Crippen LogP contribution in [-0.2, 0) is 9.59 Å². The molecule has 2 fully saturated rings. The summed E-state index contributed by atoms with van der Waals surface area (Å²) in [6.45, 7) is 3.65. The summed E-state index contributed by atoms with van der Waals surface area (Å²) >= 11 is 0. The van der Waals surface area contributed by atoms with Gasteiger partial charge in [0.1, 0.15) is 0 Å². The van der Waals surface area contributed by atoms with E-state index in [2.05, 4.69) is 0 Å². The maximum atomic E-state index is 12.2. The zero-order chi connectivity index (χ0) is 12.6. The van der Waals surface area contributed by atoms with Crippen molar-refractivity contribution in [2.45, 2.75) is 25.9 Å². The number of hydrogen-bond acceptors (Lipinski definition) is 3. The molecule has 0 aliphatic carbocycles. The van der Waals surface area contributed by atoms with Crippen molar-refractivity contribution in [1.82, 2.24) is 9.80 Å². The van der Waals surface area contributed by atoms with Crippen molar-refractivity contribution >= 4 is 11.8 Å². The van der Waals surface area contributed by atoms with Gasteiger partial charge < -0.3 is 14.9 Å². The molecule has 0 aromatic rings. The van der Waals surface area contributed by atoms with Crippen molar-refractivity contribution in [3.63, 3.8) is 0 Å². The Balaban J connectivity index is 1.92. The second-order valence-electron chi connectivity index (χ2n) is 5.25. The van der Waals surface area contributed by atoms with Crippen molar-refractivity contribution in [2.75, 3.05) is 26.7 Å². The number of amides is 2. The van der Waals surface area contributed by atoms with Gasteiger partial charge in [0.25, 0.3) is 0 Å². The Morgan fingerprint density at radius 1 is 1.47 bits per heavy atom. The molecule has 2 aliphatic heterocycles. The summed E-state index contributed by atoms with van der Waals surface area (Å²) in [7, 11) is 1.73. The molecule has 96 valence electrons. The number of carbonyl (C=O) groups excluding carboxylic acids is 2. The van der Waals surface area contributed by atoms with E-state index in [1.165, 1.54) is 0 Å². The van der Waals surface area contributed by atoms with Crippen molar-refractivity contribution < 1.29 is 14.7 Å². The van der Waals surface area contributed by atoms with Gasteiger partial charge >= 0.3 is 0 Å². The third-order valence-corrected chi connectivity index (χ3v) is 3.91. The highest BCUT2D eigenvalue weighted by Gasteiger charge is 2.37. The first-order chi connectivity index (χ1) is 7.99. The van der Waals surface area contributed by atoms with Crippen molar-refractivity contribution in [3.05, 3.63) is 0 Å². The first-order valence-electron chi connectivity index (χ1n) is 6.20. The predicted molar refractivity (Wildman–Crippen MR) is 62.1 cm³/mol. The largest absolute Gasteiger partial charge is 0.393 e. The van der Waals surface area contributed by atoms with Gasteiger partial charge in [0.15, 0.2) is 0 Å². The van der Waals surface area contributed by atoms with Crippen LogP contribution in [0.2, 0.25) is 0 Å². The molecule has 0 saturated carbocycles. The Morgan fingerprint density at radius 2 is 2.18 bits per heavy atom. The van der Waals surface area contributed by atoms with Gasteiger partial charge in [-0.05, 0) is 13.3 Å². The predicted octanol–water partition coefficient (Wildman–Crippen LogP) is -0.306. The second-order valence-corrected chi connectivity index (χ2v) is 5.25. The minimum atomic E-state index is -0.360. The van der Waals surface area contributed by atoms with Gasteiger partial charge in [-0.2, -0.15) is 0 Å². The smallest absolute Gasteiger partial charge is 0.228 e. The van der Waals surface area contributed by atoms with Crippen LogP contribution < -0.4 is 0 Å². The fourth-order valence-electron chi connectivity index (χ4n) is 2.67. The highest BCUT2D eigenvalue weighted by atomic mass is 16.3. The van der Waals surface area contributed by atoms with Crippen LogP contribution in [0.15, 0.2) is 0 Å². The van der Waals surface area contributed by atoms with Gasteiger partial charge in [-0.1, -0.05) is 0 Å². The molecule has 1 N–H and O–H groups in total. The fraction of sp³-hybridized carbons (Fsp3) is 0.833. The number of hydrogen-bond donors (Lipinski definition) is 1. The lowest BCUT2D eigenvalue weighted by Gasteiger charge is -2.20. The molecule has 2 amide bonds. The lowest BCUT2D eigenvalue weighted by molar-refractivity contribution is -0.135. The third kappa shape index (κ3) is 2.44. The topological polar surface area (TPSA) is 60.9 Å². The van der Waals surface area contributed by atoms with E-state index in [1.54, 1.807) is 23.8 Å². The summed E-state index contributed by atoms with van der Waals surface area (Å²) in [5.74, 6) is 0.134. The molecular weight excluding hydrogens is 220 g/mol. The lowest BCUT2D eigenvalue weighted by atomic mass is 10.0. The van der Waals surface area contributed by atoms with E-state index in [1.807, 2.05) is 0 Å². The minimum absolute atomic E-state index is 0.0506. The molecular formula is C12H20N2O3. The molecule has 2 rings (SSSR count). The Hall–Kier alpha value is -1.10. The van der Waals surface area contributed by atoms with Crippen molar-refractivity contribution in [3.8, 4) is 0 Å². The summed E-state index contributed by atoms with van der Waals surface area (Å²) in [5, 5.41) is 9.50. The van der Waals surface area contributed by atoms with E-state index >= 15 is 0 Å². The first-order valence-corrected chi connectivity index (χ1v) is 6.20.